The van der Waals surface area contributed by atoms with E-state index < -0.39 is 11.9 Å². The number of carbonyl (C=O) groups is 2. The van der Waals surface area contributed by atoms with E-state index in [0.717, 1.165) is 38.3 Å². The second-order valence-corrected chi connectivity index (χ2v) is 9.40. The lowest BCUT2D eigenvalue weighted by Gasteiger charge is -2.39. The van der Waals surface area contributed by atoms with Gasteiger partial charge in [0.05, 0.1) is 27.4 Å². The molecular formula is C33H38N2O7. The highest BCUT2D eigenvalue weighted by Gasteiger charge is 2.26. The highest BCUT2D eigenvalue weighted by Crippen LogP contribution is 2.40. The number of ether oxygens (including phenoxy) is 3. The van der Waals surface area contributed by atoms with Crippen LogP contribution < -0.4 is 14.2 Å². The maximum absolute atomic E-state index is 9.55. The number of hydrogen-bond acceptors (Lipinski definition) is 7. The third-order valence-electron chi connectivity index (χ3n) is 6.77. The van der Waals surface area contributed by atoms with Gasteiger partial charge < -0.3 is 24.4 Å². The molecule has 1 fully saturated rings. The Labute approximate surface area is 246 Å². The van der Waals surface area contributed by atoms with Gasteiger partial charge in [0.15, 0.2) is 11.5 Å². The van der Waals surface area contributed by atoms with Gasteiger partial charge in [0.2, 0.25) is 5.75 Å². The SMILES string of the molecule is COc1ccc(C=CCN2CCN(C(c3ccccc3)c3ccccc3)CC2)c(OC)c1OC.O=C(O)/C=C/C(=O)O. The van der Waals surface area contributed by atoms with Crippen LogP contribution in [0.5, 0.6) is 17.2 Å². The van der Waals surface area contributed by atoms with Crippen LogP contribution in [0.1, 0.15) is 22.7 Å². The van der Waals surface area contributed by atoms with Gasteiger partial charge in [-0.15, -0.1) is 0 Å². The molecule has 222 valence electrons. The number of nitrogens with zero attached hydrogens (tertiary/aromatic N) is 2. The number of benzene rings is 3. The monoisotopic (exact) mass is 574 g/mol. The molecule has 0 unspecified atom stereocenters. The number of carboxylic acid groups (broad SMARTS) is 2. The molecule has 0 amide bonds. The first kappa shape index (κ1) is 31.9. The molecule has 1 aliphatic heterocycles. The van der Waals surface area contributed by atoms with E-state index in [1.165, 1.54) is 11.1 Å². The van der Waals surface area contributed by atoms with Crippen molar-refractivity contribution in [2.45, 2.75) is 6.04 Å². The maximum atomic E-state index is 9.55. The quantitative estimate of drug-likeness (QED) is 0.311. The summed E-state index contributed by atoms with van der Waals surface area (Å²) in [5, 5.41) is 15.6. The fraction of sp³-hybridized carbons (Fsp3) is 0.273. The fourth-order valence-corrected chi connectivity index (χ4v) is 4.82. The van der Waals surface area contributed by atoms with Gasteiger partial charge in [0.25, 0.3) is 0 Å². The van der Waals surface area contributed by atoms with Gasteiger partial charge in [-0.05, 0) is 23.3 Å². The Bertz CT molecular complexity index is 1280. The maximum Gasteiger partial charge on any atom is 0.328 e. The highest BCUT2D eigenvalue weighted by atomic mass is 16.5. The molecule has 1 aliphatic rings. The van der Waals surface area contributed by atoms with E-state index in [1.807, 2.05) is 12.1 Å². The highest BCUT2D eigenvalue weighted by molar-refractivity contribution is 5.89. The van der Waals surface area contributed by atoms with Gasteiger partial charge in [-0.3, -0.25) is 9.80 Å². The predicted molar refractivity (Wildman–Crippen MR) is 162 cm³/mol. The third-order valence-corrected chi connectivity index (χ3v) is 6.77. The summed E-state index contributed by atoms with van der Waals surface area (Å²) in [5.74, 6) is -0.538. The normalized spacial score (nSPS) is 14.0. The van der Waals surface area contributed by atoms with Gasteiger partial charge in [-0.1, -0.05) is 72.8 Å². The lowest BCUT2D eigenvalue weighted by atomic mass is 9.96. The molecule has 1 heterocycles. The number of piperazine rings is 1. The molecule has 0 spiro atoms. The number of methoxy groups -OCH3 is 3. The predicted octanol–water partition coefficient (Wildman–Crippen LogP) is 4.84. The lowest BCUT2D eigenvalue weighted by Crippen LogP contribution is -2.47. The van der Waals surface area contributed by atoms with Crippen molar-refractivity contribution in [1.82, 2.24) is 9.80 Å². The number of aliphatic carboxylic acids is 2. The van der Waals surface area contributed by atoms with Crippen LogP contribution in [0.4, 0.5) is 0 Å². The van der Waals surface area contributed by atoms with Crippen molar-refractivity contribution in [1.29, 1.82) is 0 Å². The van der Waals surface area contributed by atoms with Crippen molar-refractivity contribution in [3.8, 4) is 17.2 Å². The Hall–Kier alpha value is -4.60. The lowest BCUT2D eigenvalue weighted by molar-refractivity contribution is -0.134. The van der Waals surface area contributed by atoms with Gasteiger partial charge in [-0.25, -0.2) is 9.59 Å². The van der Waals surface area contributed by atoms with Gasteiger partial charge in [0, 0.05) is 50.4 Å². The average molecular weight is 575 g/mol. The molecule has 9 heteroatoms. The summed E-state index contributed by atoms with van der Waals surface area (Å²) in [6.45, 7) is 5.02. The molecule has 1 saturated heterocycles. The van der Waals surface area contributed by atoms with E-state index in [4.69, 9.17) is 24.4 Å². The van der Waals surface area contributed by atoms with Crippen LogP contribution in [0.2, 0.25) is 0 Å². The number of rotatable bonds is 11. The minimum Gasteiger partial charge on any atom is -0.493 e. The smallest absolute Gasteiger partial charge is 0.328 e. The van der Waals surface area contributed by atoms with Gasteiger partial charge in [0.1, 0.15) is 0 Å². The minimum absolute atomic E-state index is 0.288. The van der Waals surface area contributed by atoms with Crippen LogP contribution in [-0.2, 0) is 9.59 Å². The Morgan fingerprint density at radius 3 is 1.71 bits per heavy atom. The zero-order chi connectivity index (χ0) is 30.3. The Kier molecular flexibility index (Phi) is 12.6. The van der Waals surface area contributed by atoms with E-state index in [1.54, 1.807) is 21.3 Å². The van der Waals surface area contributed by atoms with E-state index in [2.05, 4.69) is 82.6 Å². The molecule has 0 atom stereocenters. The second-order valence-electron chi connectivity index (χ2n) is 9.40. The summed E-state index contributed by atoms with van der Waals surface area (Å²) >= 11 is 0. The molecule has 2 N–H and O–H groups in total. The molecule has 3 aromatic carbocycles. The van der Waals surface area contributed by atoms with E-state index >= 15 is 0 Å². The zero-order valence-corrected chi connectivity index (χ0v) is 24.2. The third kappa shape index (κ3) is 9.22. The van der Waals surface area contributed by atoms with Crippen LogP contribution in [0.25, 0.3) is 6.08 Å². The van der Waals surface area contributed by atoms with Crippen molar-refractivity contribution in [3.05, 3.63) is 108 Å². The molecule has 42 heavy (non-hydrogen) atoms. The summed E-state index contributed by atoms with van der Waals surface area (Å²) in [4.78, 5) is 24.2. The molecule has 9 nitrogen and oxygen atoms in total. The molecule has 0 saturated carbocycles. The van der Waals surface area contributed by atoms with Crippen molar-refractivity contribution in [2.75, 3.05) is 54.1 Å². The Balaban J connectivity index is 0.000000531. The molecule has 0 aromatic heterocycles. The number of carboxylic acids is 2. The van der Waals surface area contributed by atoms with Gasteiger partial charge >= 0.3 is 11.9 Å². The largest absolute Gasteiger partial charge is 0.493 e. The molecule has 0 bridgehead atoms. The molecule has 4 rings (SSSR count). The van der Waals surface area contributed by atoms with E-state index in [-0.39, 0.29) is 6.04 Å². The van der Waals surface area contributed by atoms with Crippen molar-refractivity contribution in [2.24, 2.45) is 0 Å². The summed E-state index contributed by atoms with van der Waals surface area (Å²) in [5.41, 5.74) is 3.68. The van der Waals surface area contributed by atoms with Crippen LogP contribution in [-0.4, -0.2) is 86.0 Å². The first-order valence-corrected chi connectivity index (χ1v) is 13.5. The Morgan fingerprint density at radius 2 is 1.26 bits per heavy atom. The summed E-state index contributed by atoms with van der Waals surface area (Å²) in [6.07, 6.45) is 5.42. The van der Waals surface area contributed by atoms with Crippen molar-refractivity contribution >= 4 is 18.0 Å². The molecule has 0 radical (unpaired) electrons. The van der Waals surface area contributed by atoms with Crippen molar-refractivity contribution < 1.29 is 34.0 Å². The topological polar surface area (TPSA) is 109 Å². The minimum atomic E-state index is -1.26. The Morgan fingerprint density at radius 1 is 0.738 bits per heavy atom. The van der Waals surface area contributed by atoms with Crippen LogP contribution in [0.3, 0.4) is 0 Å². The molecular weight excluding hydrogens is 536 g/mol. The first-order chi connectivity index (χ1) is 20.4. The van der Waals surface area contributed by atoms with Gasteiger partial charge in [-0.2, -0.15) is 0 Å². The summed E-state index contributed by atoms with van der Waals surface area (Å²) in [7, 11) is 4.92. The second kappa shape index (κ2) is 16.6. The van der Waals surface area contributed by atoms with E-state index in [9.17, 15) is 9.59 Å². The van der Waals surface area contributed by atoms with Crippen molar-refractivity contribution in [3.63, 3.8) is 0 Å². The molecule has 0 aliphatic carbocycles. The average Bonchev–Trinajstić information content (AvgIpc) is 3.02. The fourth-order valence-electron chi connectivity index (χ4n) is 4.82. The molecule has 3 aromatic rings. The van der Waals surface area contributed by atoms with Crippen LogP contribution in [0, 0.1) is 0 Å². The summed E-state index contributed by atoms with van der Waals surface area (Å²) in [6, 6.07) is 25.9. The first-order valence-electron chi connectivity index (χ1n) is 13.5. The van der Waals surface area contributed by atoms with Crippen LogP contribution >= 0.6 is 0 Å². The number of hydrogen-bond donors (Lipinski definition) is 2. The van der Waals surface area contributed by atoms with Crippen LogP contribution in [0.15, 0.2) is 91.0 Å². The standard InChI is InChI=1S/C29H34N2O3.C4H4O4/c1-32-26-17-16-25(28(33-2)29(26)34-3)15-10-18-30-19-21-31(22-20-30)27(23-11-6-4-7-12-23)24-13-8-5-9-14-24;5-3(6)1-2-4(7)8/h4-17,27H,18-22H2,1-3H3;1-2H,(H,5,6)(H,7,8)/b;2-1+. The van der Waals surface area contributed by atoms with E-state index in [0.29, 0.717) is 29.4 Å². The summed E-state index contributed by atoms with van der Waals surface area (Å²) < 4.78 is 16.5. The zero-order valence-electron chi connectivity index (χ0n) is 24.2.